The predicted molar refractivity (Wildman–Crippen MR) is 118 cm³/mol. The predicted octanol–water partition coefficient (Wildman–Crippen LogP) is 7.07. The van der Waals surface area contributed by atoms with Gasteiger partial charge >= 0.3 is 0 Å². The van der Waals surface area contributed by atoms with E-state index in [1.165, 1.54) is 42.4 Å². The quantitative estimate of drug-likeness (QED) is 0.541. The van der Waals surface area contributed by atoms with Crippen LogP contribution in [0.4, 0.5) is 0 Å². The van der Waals surface area contributed by atoms with E-state index in [1.807, 2.05) is 24.3 Å². The number of hydrogen-bond donors (Lipinski definition) is 2. The van der Waals surface area contributed by atoms with Crippen molar-refractivity contribution in [3.05, 3.63) is 65.7 Å². The minimum atomic E-state index is 0.112. The van der Waals surface area contributed by atoms with Crippen LogP contribution in [0.25, 0.3) is 5.57 Å². The molecule has 2 N–H and O–H groups in total. The van der Waals surface area contributed by atoms with Crippen molar-refractivity contribution in [3.8, 4) is 11.5 Å². The van der Waals surface area contributed by atoms with Gasteiger partial charge in [-0.15, -0.1) is 0 Å². The highest BCUT2D eigenvalue weighted by molar-refractivity contribution is 5.66. The van der Waals surface area contributed by atoms with Crippen LogP contribution in [0.1, 0.15) is 70.4 Å². The third-order valence-electron chi connectivity index (χ3n) is 6.94. The first-order chi connectivity index (χ1) is 13.5. The maximum atomic E-state index is 9.76. The first-order valence-corrected chi connectivity index (χ1v) is 10.7. The van der Waals surface area contributed by atoms with Crippen LogP contribution in [0, 0.1) is 11.8 Å². The van der Waals surface area contributed by atoms with E-state index in [9.17, 15) is 10.2 Å². The number of phenolic OH excluding ortho intramolecular Hbond substituents is 2. The molecule has 0 aliphatic heterocycles. The number of hydrogen-bond acceptors (Lipinski definition) is 2. The molecular weight excluding hydrogens is 344 g/mol. The molecule has 0 saturated heterocycles. The van der Waals surface area contributed by atoms with Crippen LogP contribution in [0.5, 0.6) is 11.5 Å². The van der Waals surface area contributed by atoms with E-state index in [0.717, 1.165) is 18.8 Å². The molecule has 2 atom stereocenters. The number of aromatic hydroxyl groups is 2. The van der Waals surface area contributed by atoms with E-state index >= 15 is 0 Å². The Morgan fingerprint density at radius 3 is 2.00 bits per heavy atom. The Hall–Kier alpha value is -2.22. The van der Waals surface area contributed by atoms with Gasteiger partial charge in [0, 0.05) is 0 Å². The summed E-state index contributed by atoms with van der Waals surface area (Å²) in [6.07, 6.45) is 9.35. The molecule has 2 aromatic carbocycles. The summed E-state index contributed by atoms with van der Waals surface area (Å²) < 4.78 is 0. The van der Waals surface area contributed by atoms with Gasteiger partial charge in [0.1, 0.15) is 11.5 Å². The Balaban J connectivity index is 1.86. The van der Waals surface area contributed by atoms with E-state index in [4.69, 9.17) is 0 Å². The zero-order valence-corrected chi connectivity index (χ0v) is 17.5. The van der Waals surface area contributed by atoms with Gasteiger partial charge in [-0.1, -0.05) is 64.0 Å². The minimum absolute atomic E-state index is 0.112. The molecule has 2 unspecified atom stereocenters. The minimum Gasteiger partial charge on any atom is -0.508 e. The molecule has 2 heteroatoms. The van der Waals surface area contributed by atoms with Crippen molar-refractivity contribution in [2.45, 2.75) is 64.7 Å². The van der Waals surface area contributed by atoms with Crippen LogP contribution in [0.15, 0.2) is 54.6 Å². The normalized spacial score (nSPS) is 19.3. The second kappa shape index (κ2) is 8.86. The van der Waals surface area contributed by atoms with Crippen molar-refractivity contribution in [1.82, 2.24) is 0 Å². The molecule has 28 heavy (non-hydrogen) atoms. The summed E-state index contributed by atoms with van der Waals surface area (Å²) in [5.74, 6) is 1.98. The zero-order chi connectivity index (χ0) is 20.1. The fourth-order valence-electron chi connectivity index (χ4n) is 4.89. The van der Waals surface area contributed by atoms with Gasteiger partial charge in [0.15, 0.2) is 0 Å². The van der Waals surface area contributed by atoms with E-state index in [1.54, 1.807) is 12.1 Å². The SMILES string of the molecule is CCC(CC)CC(C)(c1ccc(O)cc1)C1CC=C(c2ccc(O)cc2)CC1. The molecule has 0 bridgehead atoms. The lowest BCUT2D eigenvalue weighted by Gasteiger charge is -2.42. The summed E-state index contributed by atoms with van der Waals surface area (Å²) in [7, 11) is 0. The molecule has 0 spiro atoms. The topological polar surface area (TPSA) is 40.5 Å². The van der Waals surface area contributed by atoms with Gasteiger partial charge in [0.05, 0.1) is 0 Å². The molecule has 0 amide bonds. The molecule has 1 aliphatic rings. The highest BCUT2D eigenvalue weighted by Crippen LogP contribution is 2.47. The second-order valence-corrected chi connectivity index (χ2v) is 8.60. The monoisotopic (exact) mass is 378 g/mol. The van der Waals surface area contributed by atoms with Gasteiger partial charge in [-0.3, -0.25) is 0 Å². The number of rotatable bonds is 7. The summed E-state index contributed by atoms with van der Waals surface area (Å²) >= 11 is 0. The average molecular weight is 379 g/mol. The number of allylic oxidation sites excluding steroid dienone is 2. The molecule has 0 fully saturated rings. The van der Waals surface area contributed by atoms with Crippen LogP contribution in [-0.4, -0.2) is 10.2 Å². The standard InChI is InChI=1S/C26H34O2/c1-4-19(5-2)18-26(3,23-12-16-25(28)17-13-23)22-10-6-20(7-11-22)21-8-14-24(27)15-9-21/h6,8-9,12-17,19,22,27-28H,4-5,7,10-11,18H2,1-3H3. The largest absolute Gasteiger partial charge is 0.508 e. The highest BCUT2D eigenvalue weighted by Gasteiger charge is 2.37. The lowest BCUT2D eigenvalue weighted by Crippen LogP contribution is -2.35. The molecule has 1 aliphatic carbocycles. The summed E-state index contributed by atoms with van der Waals surface area (Å²) in [4.78, 5) is 0. The van der Waals surface area contributed by atoms with Gasteiger partial charge in [-0.05, 0) is 83.9 Å². The van der Waals surface area contributed by atoms with Crippen LogP contribution >= 0.6 is 0 Å². The Bertz CT molecular complexity index is 784. The van der Waals surface area contributed by atoms with E-state index in [0.29, 0.717) is 17.4 Å². The lowest BCUT2D eigenvalue weighted by molar-refractivity contribution is 0.211. The molecule has 0 aromatic heterocycles. The molecule has 3 rings (SSSR count). The van der Waals surface area contributed by atoms with Gasteiger partial charge in [-0.2, -0.15) is 0 Å². The molecule has 150 valence electrons. The number of phenols is 2. The van der Waals surface area contributed by atoms with Crippen molar-refractivity contribution in [3.63, 3.8) is 0 Å². The van der Waals surface area contributed by atoms with E-state index < -0.39 is 0 Å². The Kier molecular flexibility index (Phi) is 6.49. The number of benzene rings is 2. The molecule has 2 aromatic rings. The van der Waals surface area contributed by atoms with Crippen molar-refractivity contribution in [2.75, 3.05) is 0 Å². The maximum Gasteiger partial charge on any atom is 0.115 e. The maximum absolute atomic E-state index is 9.76. The van der Waals surface area contributed by atoms with Crippen LogP contribution in [0.3, 0.4) is 0 Å². The molecular formula is C26H34O2. The van der Waals surface area contributed by atoms with Crippen molar-refractivity contribution >= 4 is 5.57 Å². The summed E-state index contributed by atoms with van der Waals surface area (Å²) in [5, 5.41) is 19.3. The third-order valence-corrected chi connectivity index (χ3v) is 6.94. The Labute approximate surface area is 169 Å². The Morgan fingerprint density at radius 1 is 0.929 bits per heavy atom. The van der Waals surface area contributed by atoms with Crippen LogP contribution < -0.4 is 0 Å². The average Bonchev–Trinajstić information content (AvgIpc) is 2.73. The summed E-state index contributed by atoms with van der Waals surface area (Å²) in [6.45, 7) is 7.03. The van der Waals surface area contributed by atoms with E-state index in [2.05, 4.69) is 39.0 Å². The fraction of sp³-hybridized carbons (Fsp3) is 0.462. The lowest BCUT2D eigenvalue weighted by atomic mass is 9.62. The van der Waals surface area contributed by atoms with Gasteiger partial charge in [-0.25, -0.2) is 0 Å². The molecule has 0 radical (unpaired) electrons. The van der Waals surface area contributed by atoms with Crippen LogP contribution in [-0.2, 0) is 5.41 Å². The van der Waals surface area contributed by atoms with Crippen molar-refractivity contribution in [1.29, 1.82) is 0 Å². The van der Waals surface area contributed by atoms with Gasteiger partial charge in [0.25, 0.3) is 0 Å². The highest BCUT2D eigenvalue weighted by atomic mass is 16.3. The van der Waals surface area contributed by atoms with E-state index in [-0.39, 0.29) is 5.41 Å². The molecule has 0 heterocycles. The first-order valence-electron chi connectivity index (χ1n) is 10.7. The fourth-order valence-corrected chi connectivity index (χ4v) is 4.89. The summed E-state index contributed by atoms with van der Waals surface area (Å²) in [5.41, 5.74) is 4.08. The van der Waals surface area contributed by atoms with Gasteiger partial charge in [0.2, 0.25) is 0 Å². The van der Waals surface area contributed by atoms with Crippen molar-refractivity contribution in [2.24, 2.45) is 11.8 Å². The molecule has 0 saturated carbocycles. The van der Waals surface area contributed by atoms with Gasteiger partial charge < -0.3 is 10.2 Å². The van der Waals surface area contributed by atoms with Crippen LogP contribution in [0.2, 0.25) is 0 Å². The third kappa shape index (κ3) is 4.43. The second-order valence-electron chi connectivity index (χ2n) is 8.60. The smallest absolute Gasteiger partial charge is 0.115 e. The summed E-state index contributed by atoms with van der Waals surface area (Å²) in [6, 6.07) is 15.5. The molecule has 2 nitrogen and oxygen atoms in total. The first kappa shape index (κ1) is 20.5. The van der Waals surface area contributed by atoms with Crippen molar-refractivity contribution < 1.29 is 10.2 Å². The zero-order valence-electron chi connectivity index (χ0n) is 17.5. The Morgan fingerprint density at radius 2 is 1.50 bits per heavy atom.